The molecule has 0 spiro atoms. The molecule has 0 aliphatic carbocycles. The fraction of sp³-hybridized carbons (Fsp3) is 0.318. The lowest BCUT2D eigenvalue weighted by Crippen LogP contribution is -2.59. The number of aromatic nitrogens is 6. The molecule has 4 aromatic carbocycles. The summed E-state index contributed by atoms with van der Waals surface area (Å²) in [5.74, 6) is 1.17. The minimum atomic E-state index is -1.34. The fourth-order valence-electron chi connectivity index (χ4n) is 7.59. The molecule has 10 atom stereocenters. The van der Waals surface area contributed by atoms with Crippen molar-refractivity contribution in [1.82, 2.24) is 30.0 Å². The molecule has 62 heavy (non-hydrogen) atoms. The molecule has 2 fully saturated rings. The standard InChI is InChI=1S/C44H48N8O10/c45-37-41(57)39(55)33(21-53)61-43(37)51-19-29(47-49-51)23-59-31-15-11-27(12-16-31)35(25-7-3-1-4-8-25)36(26-9-5-2-6-10-26)28-13-17-32(18-14-28)60-24-30-20-52(50-48-30)44-38(46)42(58)40(56)34(22-54)62-44/h1-20,33-34,37-44,53-58H,21-24,45-46H2/b36-35+/t33-,34-,37-,38-,39-,40-,41-,42-,43-,44-/m1/s1. The van der Waals surface area contributed by atoms with E-state index < -0.39 is 74.4 Å². The Morgan fingerprint density at radius 3 is 1.23 bits per heavy atom. The van der Waals surface area contributed by atoms with Gasteiger partial charge in [-0.15, -0.1) is 10.2 Å². The molecule has 0 amide bonds. The summed E-state index contributed by atoms with van der Waals surface area (Å²) in [4.78, 5) is 0. The van der Waals surface area contributed by atoms with Gasteiger partial charge in [0, 0.05) is 0 Å². The lowest BCUT2D eigenvalue weighted by Gasteiger charge is -2.40. The van der Waals surface area contributed by atoms with Crippen molar-refractivity contribution in [3.8, 4) is 11.5 Å². The third kappa shape index (κ3) is 9.01. The average Bonchev–Trinajstić information content (AvgIpc) is 3.99. The first kappa shape index (κ1) is 42.8. The Hall–Kier alpha value is -5.90. The van der Waals surface area contributed by atoms with Crippen LogP contribution in [0.4, 0.5) is 0 Å². The van der Waals surface area contributed by atoms with Gasteiger partial charge in [0.2, 0.25) is 0 Å². The topological polar surface area (TPSA) is 272 Å². The summed E-state index contributed by atoms with van der Waals surface area (Å²) in [6.07, 6.45) is -6.13. The van der Waals surface area contributed by atoms with Crippen molar-refractivity contribution >= 4 is 11.1 Å². The van der Waals surface area contributed by atoms with Crippen LogP contribution in [0.5, 0.6) is 11.5 Å². The molecule has 324 valence electrons. The molecule has 0 unspecified atom stereocenters. The largest absolute Gasteiger partial charge is 0.487 e. The molecule has 2 aliphatic rings. The van der Waals surface area contributed by atoms with Gasteiger partial charge in [-0.05, 0) is 57.7 Å². The number of benzene rings is 4. The van der Waals surface area contributed by atoms with E-state index >= 15 is 0 Å². The summed E-state index contributed by atoms with van der Waals surface area (Å²) in [7, 11) is 0. The van der Waals surface area contributed by atoms with Crippen LogP contribution in [0.1, 0.15) is 46.1 Å². The smallest absolute Gasteiger partial charge is 0.170 e. The summed E-state index contributed by atoms with van der Waals surface area (Å²) < 4.78 is 26.3. The lowest BCUT2D eigenvalue weighted by molar-refractivity contribution is -0.213. The number of hydrogen-bond donors (Lipinski definition) is 8. The lowest BCUT2D eigenvalue weighted by atomic mass is 9.86. The summed E-state index contributed by atoms with van der Waals surface area (Å²) >= 11 is 0. The molecule has 8 rings (SSSR count). The summed E-state index contributed by atoms with van der Waals surface area (Å²) in [6.45, 7) is -0.864. The number of aliphatic hydroxyl groups is 6. The van der Waals surface area contributed by atoms with Crippen molar-refractivity contribution in [2.75, 3.05) is 13.2 Å². The highest BCUT2D eigenvalue weighted by Gasteiger charge is 2.45. The van der Waals surface area contributed by atoms with Crippen LogP contribution in [0.25, 0.3) is 11.1 Å². The van der Waals surface area contributed by atoms with Crippen molar-refractivity contribution in [2.45, 2.75) is 74.4 Å². The molecule has 0 radical (unpaired) electrons. The van der Waals surface area contributed by atoms with Gasteiger partial charge >= 0.3 is 0 Å². The Bertz CT molecular complexity index is 2230. The van der Waals surface area contributed by atoms with Gasteiger partial charge in [0.25, 0.3) is 0 Å². The second-order valence-electron chi connectivity index (χ2n) is 15.1. The summed E-state index contributed by atoms with van der Waals surface area (Å²) in [5.41, 5.74) is 19.0. The molecule has 2 aromatic heterocycles. The highest BCUT2D eigenvalue weighted by molar-refractivity contribution is 6.04. The summed E-state index contributed by atoms with van der Waals surface area (Å²) in [5, 5.41) is 76.8. The van der Waals surface area contributed by atoms with Crippen LogP contribution in [-0.2, 0) is 22.7 Å². The molecule has 0 saturated carbocycles. The molecule has 4 heterocycles. The van der Waals surface area contributed by atoms with Crippen molar-refractivity contribution in [2.24, 2.45) is 11.5 Å². The minimum absolute atomic E-state index is 0.0721. The van der Waals surface area contributed by atoms with Gasteiger partial charge in [0.15, 0.2) is 12.5 Å². The zero-order valence-electron chi connectivity index (χ0n) is 33.3. The first-order valence-electron chi connectivity index (χ1n) is 20.0. The van der Waals surface area contributed by atoms with Crippen LogP contribution in [0.15, 0.2) is 122 Å². The third-order valence-corrected chi connectivity index (χ3v) is 11.0. The SMILES string of the molecule is N[C@@H]1[C@@H](O)[C@H](O)[C@@H](CO)O[C@H]1n1cc(COc2ccc(/C(=C(\c3ccccc3)c3ccc(OCc4cn([C@@H]5O[C@H](CO)[C@@H](O)[C@H](O)[C@H]5N)nn4)cc3)c3ccccc3)cc2)nn1. The molecule has 2 aliphatic heterocycles. The Balaban J connectivity index is 1.01. The maximum atomic E-state index is 10.4. The highest BCUT2D eigenvalue weighted by atomic mass is 16.6. The van der Waals surface area contributed by atoms with E-state index in [1.807, 2.05) is 84.9 Å². The number of hydrogen-bond acceptors (Lipinski definition) is 16. The van der Waals surface area contributed by atoms with Gasteiger partial charge < -0.3 is 61.1 Å². The van der Waals surface area contributed by atoms with Crippen molar-refractivity contribution in [1.29, 1.82) is 0 Å². The molecule has 0 bridgehead atoms. The minimum Gasteiger partial charge on any atom is -0.487 e. The first-order chi connectivity index (χ1) is 30.1. The van der Waals surface area contributed by atoms with Gasteiger partial charge in [-0.3, -0.25) is 0 Å². The number of rotatable bonds is 14. The Morgan fingerprint density at radius 1 is 0.516 bits per heavy atom. The molecular formula is C44H48N8O10. The van der Waals surface area contributed by atoms with Crippen LogP contribution in [0.2, 0.25) is 0 Å². The molecule has 6 aromatic rings. The van der Waals surface area contributed by atoms with Gasteiger partial charge in [-0.25, -0.2) is 9.36 Å². The second-order valence-corrected chi connectivity index (χ2v) is 15.1. The quantitative estimate of drug-likeness (QED) is 0.0708. The van der Waals surface area contributed by atoms with Gasteiger partial charge in [-0.2, -0.15) is 0 Å². The predicted molar refractivity (Wildman–Crippen MR) is 221 cm³/mol. The van der Waals surface area contributed by atoms with E-state index in [0.29, 0.717) is 22.9 Å². The number of aliphatic hydroxyl groups excluding tert-OH is 6. The van der Waals surface area contributed by atoms with E-state index in [4.69, 9.17) is 30.4 Å². The van der Waals surface area contributed by atoms with Crippen LogP contribution in [-0.4, -0.2) is 123 Å². The van der Waals surface area contributed by atoms with Crippen molar-refractivity contribution in [3.63, 3.8) is 0 Å². The predicted octanol–water partition coefficient (Wildman–Crippen LogP) is 0.913. The van der Waals surface area contributed by atoms with Crippen LogP contribution in [0, 0.1) is 0 Å². The molecule has 2 saturated heterocycles. The zero-order chi connectivity index (χ0) is 43.3. The number of nitrogens with zero attached hydrogens (tertiary/aromatic N) is 6. The first-order valence-corrected chi connectivity index (χ1v) is 20.0. The average molecular weight is 849 g/mol. The third-order valence-electron chi connectivity index (χ3n) is 11.0. The normalized spacial score (nSPS) is 26.8. The van der Waals surface area contributed by atoms with Gasteiger partial charge in [0.05, 0.1) is 37.7 Å². The van der Waals surface area contributed by atoms with Crippen molar-refractivity contribution < 1.29 is 49.6 Å². The van der Waals surface area contributed by atoms with E-state index in [0.717, 1.165) is 33.4 Å². The molecule has 18 nitrogen and oxygen atoms in total. The van der Waals surface area contributed by atoms with E-state index in [1.165, 1.54) is 9.36 Å². The second kappa shape index (κ2) is 19.0. The molecule has 10 N–H and O–H groups in total. The van der Waals surface area contributed by atoms with E-state index in [2.05, 4.69) is 44.9 Å². The maximum Gasteiger partial charge on any atom is 0.170 e. The fourth-order valence-corrected chi connectivity index (χ4v) is 7.59. The van der Waals surface area contributed by atoms with Crippen LogP contribution in [0.3, 0.4) is 0 Å². The van der Waals surface area contributed by atoms with Gasteiger partial charge in [-0.1, -0.05) is 95.4 Å². The number of ether oxygens (including phenoxy) is 4. The Morgan fingerprint density at radius 2 is 0.871 bits per heavy atom. The van der Waals surface area contributed by atoms with E-state index in [9.17, 15) is 30.6 Å². The van der Waals surface area contributed by atoms with Crippen LogP contribution >= 0.6 is 0 Å². The van der Waals surface area contributed by atoms with Gasteiger partial charge in [0.1, 0.15) is 72.7 Å². The van der Waals surface area contributed by atoms with E-state index in [-0.39, 0.29) is 13.2 Å². The zero-order valence-corrected chi connectivity index (χ0v) is 33.3. The molecule has 18 heteroatoms. The summed E-state index contributed by atoms with van der Waals surface area (Å²) in [6, 6.07) is 33.7. The monoisotopic (exact) mass is 848 g/mol. The number of nitrogens with two attached hydrogens (primary N) is 2. The molecular weight excluding hydrogens is 801 g/mol. The van der Waals surface area contributed by atoms with Crippen molar-refractivity contribution in [3.05, 3.63) is 155 Å². The Labute approximate surface area is 355 Å². The highest BCUT2D eigenvalue weighted by Crippen LogP contribution is 2.38. The van der Waals surface area contributed by atoms with Crippen LogP contribution < -0.4 is 20.9 Å². The Kier molecular flexibility index (Phi) is 13.1. The maximum absolute atomic E-state index is 10.4. The van der Waals surface area contributed by atoms with E-state index in [1.54, 1.807) is 12.4 Å².